The first-order chi connectivity index (χ1) is 5.55. The van der Waals surface area contributed by atoms with Crippen molar-refractivity contribution in [1.29, 1.82) is 0 Å². The Hall–Kier alpha value is -0.280. The normalized spacial score (nSPS) is 25.0. The third-order valence-electron chi connectivity index (χ3n) is 2.15. The molecule has 13 heavy (non-hydrogen) atoms. The molecule has 0 aliphatic carbocycles. The Labute approximate surface area is 85.6 Å². The second kappa shape index (κ2) is 4.82. The second-order valence-electron chi connectivity index (χ2n) is 4.05. The summed E-state index contributed by atoms with van der Waals surface area (Å²) >= 11 is 0. The predicted molar refractivity (Wildman–Crippen MR) is 54.1 cm³/mol. The molecule has 1 aliphatic heterocycles. The fourth-order valence-electron chi connectivity index (χ4n) is 1.51. The van der Waals surface area contributed by atoms with Crippen LogP contribution in [0.1, 0.15) is 27.2 Å². The van der Waals surface area contributed by atoms with Crippen molar-refractivity contribution in [3.8, 4) is 0 Å². The first kappa shape index (κ1) is 12.7. The molecule has 1 heterocycles. The number of hydrogen-bond acceptors (Lipinski definition) is 3. The molecule has 0 radical (unpaired) electrons. The molecule has 1 saturated heterocycles. The second-order valence-corrected chi connectivity index (χ2v) is 4.05. The zero-order chi connectivity index (χ0) is 9.19. The largest absolute Gasteiger partial charge is 0.465 e. The number of rotatable bonds is 2. The Morgan fingerprint density at radius 1 is 1.62 bits per heavy atom. The van der Waals surface area contributed by atoms with Crippen molar-refractivity contribution in [3.05, 3.63) is 0 Å². The molecule has 1 fully saturated rings. The van der Waals surface area contributed by atoms with Crippen molar-refractivity contribution >= 4 is 18.4 Å². The molecule has 0 spiro atoms. The lowest BCUT2D eigenvalue weighted by molar-refractivity contribution is -0.145. The van der Waals surface area contributed by atoms with E-state index in [0.717, 1.165) is 13.0 Å². The molecule has 1 N–H and O–H groups in total. The lowest BCUT2D eigenvalue weighted by atomic mass is 9.91. The predicted octanol–water partition coefficient (Wildman–Crippen LogP) is 1.36. The summed E-state index contributed by atoms with van der Waals surface area (Å²) in [7, 11) is 0. The van der Waals surface area contributed by atoms with Gasteiger partial charge >= 0.3 is 5.97 Å². The SMILES string of the molecule is CCOC(=O)[C@@H]1CC(C)(C)CN1.Cl. The van der Waals surface area contributed by atoms with Crippen LogP contribution >= 0.6 is 12.4 Å². The van der Waals surface area contributed by atoms with Crippen LogP contribution < -0.4 is 5.32 Å². The Kier molecular flexibility index (Phi) is 4.71. The summed E-state index contributed by atoms with van der Waals surface area (Å²) in [5.74, 6) is -0.108. The van der Waals surface area contributed by atoms with Crippen LogP contribution in [0.2, 0.25) is 0 Å². The topological polar surface area (TPSA) is 38.3 Å². The molecule has 4 heteroatoms. The number of halogens is 1. The average Bonchev–Trinajstić information content (AvgIpc) is 2.31. The van der Waals surface area contributed by atoms with Crippen LogP contribution in [0.4, 0.5) is 0 Å². The Balaban J connectivity index is 0.00000144. The van der Waals surface area contributed by atoms with Crippen LogP contribution in [0.5, 0.6) is 0 Å². The van der Waals surface area contributed by atoms with Crippen LogP contribution in [0.3, 0.4) is 0 Å². The van der Waals surface area contributed by atoms with Gasteiger partial charge in [-0.05, 0) is 18.8 Å². The lowest BCUT2D eigenvalue weighted by Crippen LogP contribution is -2.32. The summed E-state index contributed by atoms with van der Waals surface area (Å²) < 4.78 is 4.92. The van der Waals surface area contributed by atoms with Crippen LogP contribution in [-0.2, 0) is 9.53 Å². The number of esters is 1. The number of hydrogen-bond donors (Lipinski definition) is 1. The summed E-state index contributed by atoms with van der Waals surface area (Å²) in [4.78, 5) is 11.2. The Morgan fingerprint density at radius 2 is 2.23 bits per heavy atom. The third-order valence-corrected chi connectivity index (χ3v) is 2.15. The standard InChI is InChI=1S/C9H17NO2.ClH/c1-4-12-8(11)7-5-9(2,3)6-10-7;/h7,10H,4-6H2,1-3H3;1H/t7-;/m0./s1. The summed E-state index contributed by atoms with van der Waals surface area (Å²) in [6.07, 6.45) is 0.881. The van der Waals surface area contributed by atoms with Gasteiger partial charge in [-0.3, -0.25) is 4.79 Å². The van der Waals surface area contributed by atoms with Crippen molar-refractivity contribution in [3.63, 3.8) is 0 Å². The zero-order valence-corrected chi connectivity index (χ0v) is 9.24. The van der Waals surface area contributed by atoms with Crippen LogP contribution in [0.15, 0.2) is 0 Å². The van der Waals surface area contributed by atoms with Gasteiger partial charge < -0.3 is 10.1 Å². The van der Waals surface area contributed by atoms with E-state index in [2.05, 4.69) is 19.2 Å². The maximum absolute atomic E-state index is 11.2. The molecule has 1 atom stereocenters. The highest BCUT2D eigenvalue weighted by atomic mass is 35.5. The average molecular weight is 208 g/mol. The number of nitrogens with one attached hydrogen (secondary N) is 1. The van der Waals surface area contributed by atoms with E-state index in [9.17, 15) is 4.79 Å². The maximum Gasteiger partial charge on any atom is 0.323 e. The van der Waals surface area contributed by atoms with Crippen LogP contribution in [0, 0.1) is 5.41 Å². The minimum atomic E-state index is -0.108. The van der Waals surface area contributed by atoms with Gasteiger partial charge in [-0.2, -0.15) is 0 Å². The van der Waals surface area contributed by atoms with Crippen molar-refractivity contribution in [1.82, 2.24) is 5.32 Å². The van der Waals surface area contributed by atoms with Gasteiger partial charge in [-0.25, -0.2) is 0 Å². The molecule has 78 valence electrons. The quantitative estimate of drug-likeness (QED) is 0.695. The van der Waals surface area contributed by atoms with Gasteiger partial charge in [-0.15, -0.1) is 12.4 Å². The first-order valence-corrected chi connectivity index (χ1v) is 4.45. The van der Waals surface area contributed by atoms with E-state index in [1.807, 2.05) is 6.92 Å². The molecule has 0 aromatic rings. The molecule has 1 rings (SSSR count). The van der Waals surface area contributed by atoms with E-state index in [0.29, 0.717) is 6.61 Å². The molecule has 0 saturated carbocycles. The van der Waals surface area contributed by atoms with Gasteiger partial charge in [0.1, 0.15) is 6.04 Å². The van der Waals surface area contributed by atoms with E-state index >= 15 is 0 Å². The van der Waals surface area contributed by atoms with E-state index in [1.165, 1.54) is 0 Å². The van der Waals surface area contributed by atoms with E-state index in [4.69, 9.17) is 4.74 Å². The fraction of sp³-hybridized carbons (Fsp3) is 0.889. The number of carbonyl (C=O) groups is 1. The molecule has 3 nitrogen and oxygen atoms in total. The first-order valence-electron chi connectivity index (χ1n) is 4.45. The highest BCUT2D eigenvalue weighted by molar-refractivity contribution is 5.85. The molecule has 0 aromatic carbocycles. The fourth-order valence-corrected chi connectivity index (χ4v) is 1.51. The van der Waals surface area contributed by atoms with Crippen LogP contribution in [0.25, 0.3) is 0 Å². The monoisotopic (exact) mass is 207 g/mol. The van der Waals surface area contributed by atoms with Crippen molar-refractivity contribution < 1.29 is 9.53 Å². The minimum Gasteiger partial charge on any atom is -0.465 e. The molecule has 0 bridgehead atoms. The van der Waals surface area contributed by atoms with Crippen LogP contribution in [-0.4, -0.2) is 25.2 Å². The van der Waals surface area contributed by atoms with E-state index in [1.54, 1.807) is 0 Å². The maximum atomic E-state index is 11.2. The van der Waals surface area contributed by atoms with E-state index in [-0.39, 0.29) is 29.8 Å². The molecule has 0 amide bonds. The summed E-state index contributed by atoms with van der Waals surface area (Å²) in [5.41, 5.74) is 0.234. The lowest BCUT2D eigenvalue weighted by Gasteiger charge is -2.14. The van der Waals surface area contributed by atoms with Gasteiger partial charge in [0, 0.05) is 6.54 Å². The molecule has 0 aromatic heterocycles. The molecule has 1 aliphatic rings. The summed E-state index contributed by atoms with van der Waals surface area (Å²) in [5, 5.41) is 3.16. The zero-order valence-electron chi connectivity index (χ0n) is 8.42. The van der Waals surface area contributed by atoms with Gasteiger partial charge in [0.15, 0.2) is 0 Å². The molecule has 0 unspecified atom stereocenters. The third kappa shape index (κ3) is 3.53. The highest BCUT2D eigenvalue weighted by Crippen LogP contribution is 2.27. The summed E-state index contributed by atoms with van der Waals surface area (Å²) in [6.45, 7) is 7.50. The number of ether oxygens (including phenoxy) is 1. The van der Waals surface area contributed by atoms with Crippen molar-refractivity contribution in [2.24, 2.45) is 5.41 Å². The number of carbonyl (C=O) groups excluding carboxylic acids is 1. The van der Waals surface area contributed by atoms with E-state index < -0.39 is 0 Å². The summed E-state index contributed by atoms with van der Waals surface area (Å²) in [6, 6.07) is -0.0834. The highest BCUT2D eigenvalue weighted by Gasteiger charge is 2.35. The minimum absolute atomic E-state index is 0. The van der Waals surface area contributed by atoms with Gasteiger partial charge in [0.2, 0.25) is 0 Å². The van der Waals surface area contributed by atoms with Crippen molar-refractivity contribution in [2.75, 3.05) is 13.2 Å². The van der Waals surface area contributed by atoms with Gasteiger partial charge in [-0.1, -0.05) is 13.8 Å². The Morgan fingerprint density at radius 3 is 2.62 bits per heavy atom. The van der Waals surface area contributed by atoms with Gasteiger partial charge in [0.05, 0.1) is 6.61 Å². The van der Waals surface area contributed by atoms with Crippen molar-refractivity contribution in [2.45, 2.75) is 33.2 Å². The Bertz CT molecular complexity index is 182. The molecular formula is C9H18ClNO2. The smallest absolute Gasteiger partial charge is 0.323 e. The van der Waals surface area contributed by atoms with Gasteiger partial charge in [0.25, 0.3) is 0 Å². The molecular weight excluding hydrogens is 190 g/mol.